The van der Waals surface area contributed by atoms with Gasteiger partial charge < -0.3 is 9.64 Å². The summed E-state index contributed by atoms with van der Waals surface area (Å²) in [5.41, 5.74) is 2.15. The first-order valence-corrected chi connectivity index (χ1v) is 9.85. The molecule has 0 aromatic carbocycles. The molecule has 0 N–H and O–H groups in total. The first kappa shape index (κ1) is 17.7. The molecule has 1 saturated heterocycles. The number of amides is 1. The number of hydrogen-bond acceptors (Lipinski definition) is 6. The van der Waals surface area contributed by atoms with E-state index in [9.17, 15) is 4.79 Å². The minimum Gasteiger partial charge on any atom is -0.481 e. The van der Waals surface area contributed by atoms with Crippen molar-refractivity contribution in [3.63, 3.8) is 0 Å². The molecular weight excluding hydrogens is 330 g/mol. The fraction of sp³-hybridized carbons (Fsp3) is 0.737. The van der Waals surface area contributed by atoms with Gasteiger partial charge in [-0.05, 0) is 19.3 Å². The van der Waals surface area contributed by atoms with Crippen molar-refractivity contribution in [1.82, 2.24) is 24.7 Å². The number of hydrogen-bond donors (Lipinski definition) is 0. The second-order valence-corrected chi connectivity index (χ2v) is 7.59. The minimum atomic E-state index is 0.266. The smallest absolute Gasteiger partial charge is 0.236 e. The van der Waals surface area contributed by atoms with Gasteiger partial charge in [-0.2, -0.15) is 0 Å². The van der Waals surface area contributed by atoms with Crippen LogP contribution in [-0.2, 0) is 17.6 Å². The first-order valence-electron chi connectivity index (χ1n) is 9.85. The molecule has 26 heavy (non-hydrogen) atoms. The molecule has 2 aliphatic heterocycles. The topological polar surface area (TPSA) is 61.8 Å². The van der Waals surface area contributed by atoms with E-state index in [0.717, 1.165) is 69.4 Å². The highest BCUT2D eigenvalue weighted by atomic mass is 16.5. The molecule has 0 radical (unpaired) electrons. The molecule has 0 atom stereocenters. The Hall–Kier alpha value is -1.73. The van der Waals surface area contributed by atoms with Gasteiger partial charge in [0.05, 0.1) is 19.3 Å². The van der Waals surface area contributed by atoms with Crippen LogP contribution in [0.5, 0.6) is 5.88 Å². The molecule has 0 unspecified atom stereocenters. The van der Waals surface area contributed by atoms with Crippen molar-refractivity contribution in [1.29, 1.82) is 0 Å². The summed E-state index contributed by atoms with van der Waals surface area (Å²) in [4.78, 5) is 28.2. The Morgan fingerprint density at radius 1 is 1.12 bits per heavy atom. The Bertz CT molecular complexity index is 641. The Morgan fingerprint density at radius 3 is 2.58 bits per heavy atom. The number of fused-ring (bicyclic) bond motifs is 1. The van der Waals surface area contributed by atoms with Crippen LogP contribution in [0, 0.1) is 0 Å². The monoisotopic (exact) mass is 359 g/mol. The molecule has 1 aromatic rings. The number of carbonyl (C=O) groups is 1. The zero-order valence-corrected chi connectivity index (χ0v) is 15.7. The van der Waals surface area contributed by atoms with E-state index >= 15 is 0 Å². The maximum absolute atomic E-state index is 12.7. The fourth-order valence-corrected chi connectivity index (χ4v) is 4.26. The van der Waals surface area contributed by atoms with Crippen molar-refractivity contribution < 1.29 is 9.53 Å². The Balaban J connectivity index is 1.29. The summed E-state index contributed by atoms with van der Waals surface area (Å²) in [6.45, 7) is 6.05. The molecule has 1 aromatic heterocycles. The molecule has 1 saturated carbocycles. The largest absolute Gasteiger partial charge is 0.481 e. The van der Waals surface area contributed by atoms with Crippen LogP contribution < -0.4 is 4.74 Å². The van der Waals surface area contributed by atoms with Gasteiger partial charge in [0.2, 0.25) is 11.8 Å². The van der Waals surface area contributed by atoms with E-state index in [0.29, 0.717) is 12.4 Å². The summed E-state index contributed by atoms with van der Waals surface area (Å²) in [7, 11) is 1.65. The number of carbonyl (C=O) groups excluding carboxylic acids is 1. The van der Waals surface area contributed by atoms with Crippen LogP contribution >= 0.6 is 0 Å². The molecule has 2 fully saturated rings. The zero-order valence-electron chi connectivity index (χ0n) is 15.7. The van der Waals surface area contributed by atoms with E-state index in [4.69, 9.17) is 4.74 Å². The van der Waals surface area contributed by atoms with Crippen LogP contribution in [0.4, 0.5) is 0 Å². The number of nitrogens with zero attached hydrogens (tertiary/aromatic N) is 5. The number of aromatic nitrogens is 2. The molecule has 7 nitrogen and oxygen atoms in total. The second kappa shape index (κ2) is 7.88. The highest BCUT2D eigenvalue weighted by Crippen LogP contribution is 2.25. The number of piperazine rings is 1. The minimum absolute atomic E-state index is 0.266. The molecule has 1 amide bonds. The highest BCUT2D eigenvalue weighted by Gasteiger charge is 2.30. The first-order chi connectivity index (χ1) is 12.7. The van der Waals surface area contributed by atoms with Crippen molar-refractivity contribution >= 4 is 5.91 Å². The van der Waals surface area contributed by atoms with Crippen molar-refractivity contribution in [2.24, 2.45) is 0 Å². The number of methoxy groups -OCH3 is 1. The van der Waals surface area contributed by atoms with Crippen molar-refractivity contribution in [2.75, 3.05) is 52.9 Å². The van der Waals surface area contributed by atoms with Gasteiger partial charge in [-0.25, -0.2) is 9.97 Å². The fourth-order valence-electron chi connectivity index (χ4n) is 4.26. The lowest BCUT2D eigenvalue weighted by Gasteiger charge is -2.43. The van der Waals surface area contributed by atoms with Gasteiger partial charge >= 0.3 is 0 Å². The summed E-state index contributed by atoms with van der Waals surface area (Å²) in [5.74, 6) is 0.942. The molecule has 0 spiro atoms. The van der Waals surface area contributed by atoms with Gasteiger partial charge in [0, 0.05) is 57.3 Å². The Morgan fingerprint density at radius 2 is 1.88 bits per heavy atom. The summed E-state index contributed by atoms with van der Waals surface area (Å²) < 4.78 is 5.37. The third-order valence-electron chi connectivity index (χ3n) is 6.15. The van der Waals surface area contributed by atoms with Crippen LogP contribution in [0.2, 0.25) is 0 Å². The van der Waals surface area contributed by atoms with Crippen LogP contribution in [0.1, 0.15) is 30.5 Å². The maximum atomic E-state index is 12.7. The van der Waals surface area contributed by atoms with Crippen LogP contribution in [0.25, 0.3) is 0 Å². The predicted octanol–water partition coefficient (Wildman–Crippen LogP) is 0.583. The molecule has 7 heteroatoms. The van der Waals surface area contributed by atoms with E-state index in [2.05, 4.69) is 19.8 Å². The van der Waals surface area contributed by atoms with Crippen LogP contribution in [-0.4, -0.2) is 89.5 Å². The standard InChI is InChI=1S/C19H29N5O2/c1-26-19-16-5-7-22(8-6-17(16)20-14-21-19)13-18(25)24-11-9-23(10-12-24)15-3-2-4-15/h14-15H,2-13H2,1H3. The average Bonchev–Trinajstić information content (AvgIpc) is 2.83. The summed E-state index contributed by atoms with van der Waals surface area (Å²) in [6.07, 6.45) is 7.30. The zero-order chi connectivity index (χ0) is 17.9. The third-order valence-corrected chi connectivity index (χ3v) is 6.15. The summed E-state index contributed by atoms with van der Waals surface area (Å²) in [5, 5.41) is 0. The van der Waals surface area contributed by atoms with Gasteiger partial charge in [0.1, 0.15) is 6.33 Å². The van der Waals surface area contributed by atoms with Gasteiger partial charge in [-0.1, -0.05) is 6.42 Å². The molecule has 1 aliphatic carbocycles. The third kappa shape index (κ3) is 3.69. The average molecular weight is 359 g/mol. The molecule has 3 heterocycles. The van der Waals surface area contributed by atoms with Crippen LogP contribution in [0.3, 0.4) is 0 Å². The summed E-state index contributed by atoms with van der Waals surface area (Å²) >= 11 is 0. The van der Waals surface area contributed by atoms with E-state index < -0.39 is 0 Å². The highest BCUT2D eigenvalue weighted by molar-refractivity contribution is 5.78. The van der Waals surface area contributed by atoms with Crippen LogP contribution in [0.15, 0.2) is 6.33 Å². The van der Waals surface area contributed by atoms with E-state index in [1.165, 1.54) is 19.3 Å². The van der Waals surface area contributed by atoms with E-state index in [1.807, 2.05) is 4.90 Å². The van der Waals surface area contributed by atoms with E-state index in [-0.39, 0.29) is 5.91 Å². The molecule has 0 bridgehead atoms. The quantitative estimate of drug-likeness (QED) is 0.784. The van der Waals surface area contributed by atoms with Gasteiger partial charge in [0.15, 0.2) is 0 Å². The number of ether oxygens (including phenoxy) is 1. The second-order valence-electron chi connectivity index (χ2n) is 7.59. The lowest BCUT2D eigenvalue weighted by atomic mass is 9.91. The molecule has 3 aliphatic rings. The molecule has 142 valence electrons. The maximum Gasteiger partial charge on any atom is 0.236 e. The summed E-state index contributed by atoms with van der Waals surface area (Å²) in [6, 6.07) is 0.785. The molecule has 4 rings (SSSR count). The lowest BCUT2D eigenvalue weighted by Crippen LogP contribution is -2.55. The van der Waals surface area contributed by atoms with Gasteiger partial charge in [-0.15, -0.1) is 0 Å². The van der Waals surface area contributed by atoms with Gasteiger partial charge in [-0.3, -0.25) is 14.6 Å². The Labute approximate surface area is 155 Å². The van der Waals surface area contributed by atoms with Crippen molar-refractivity contribution in [2.45, 2.75) is 38.1 Å². The van der Waals surface area contributed by atoms with E-state index in [1.54, 1.807) is 13.4 Å². The Kier molecular flexibility index (Phi) is 5.36. The normalized spacial score (nSPS) is 22.4. The lowest BCUT2D eigenvalue weighted by molar-refractivity contribution is -0.134. The molecular formula is C19H29N5O2. The number of rotatable bonds is 4. The van der Waals surface area contributed by atoms with Crippen molar-refractivity contribution in [3.05, 3.63) is 17.6 Å². The predicted molar refractivity (Wildman–Crippen MR) is 98.2 cm³/mol. The van der Waals surface area contributed by atoms with Gasteiger partial charge in [0.25, 0.3) is 0 Å². The SMILES string of the molecule is COc1ncnc2c1CCN(CC(=O)N1CCN(C3CCC3)CC1)CC2. The van der Waals surface area contributed by atoms with Crippen molar-refractivity contribution in [3.8, 4) is 5.88 Å².